The van der Waals surface area contributed by atoms with Gasteiger partial charge in [-0.3, -0.25) is 0 Å². The Morgan fingerprint density at radius 3 is 1.34 bits per heavy atom. The lowest BCUT2D eigenvalue weighted by Gasteiger charge is -2.43. The largest absolute Gasteiger partial charge is 0.457 e. The number of ether oxygens (including phenoxy) is 1. The van der Waals surface area contributed by atoms with Crippen LogP contribution in [-0.4, -0.2) is 6.71 Å². The smallest absolute Gasteiger partial charge is 0.256 e. The van der Waals surface area contributed by atoms with Gasteiger partial charge in [0.05, 0.1) is 22.5 Å². The first-order valence-electron chi connectivity index (χ1n) is 22.1. The van der Waals surface area contributed by atoms with Crippen molar-refractivity contribution in [3.05, 3.63) is 217 Å². The average Bonchev–Trinajstić information content (AvgIpc) is 3.36. The third-order valence-electron chi connectivity index (χ3n) is 12.9. The zero-order valence-corrected chi connectivity index (χ0v) is 36.4. The summed E-state index contributed by atoms with van der Waals surface area (Å²) in [7, 11) is 0. The van der Waals surface area contributed by atoms with Gasteiger partial charge < -0.3 is 9.64 Å². The zero-order chi connectivity index (χ0) is 44.2. The molecule has 0 radical (unpaired) electrons. The molecular weight excluding hydrogens is 789 g/mol. The molecule has 11 rings (SSSR count). The molecule has 0 aromatic heterocycles. The quantitative estimate of drug-likeness (QED) is 0.157. The molecule has 9 aromatic rings. The Morgan fingerprint density at radius 1 is 0.446 bits per heavy atom. The van der Waals surface area contributed by atoms with Crippen LogP contribution < -0.4 is 26.0 Å². The summed E-state index contributed by atoms with van der Waals surface area (Å²) >= 11 is 0. The molecule has 0 saturated heterocycles. The summed E-state index contributed by atoms with van der Waals surface area (Å²) in [6, 6.07) is 75.0. The first kappa shape index (κ1) is 39.5. The number of benzene rings is 9. The van der Waals surface area contributed by atoms with Crippen molar-refractivity contribution in [1.29, 1.82) is 10.5 Å². The van der Waals surface area contributed by atoms with E-state index in [1.54, 1.807) is 0 Å². The van der Waals surface area contributed by atoms with Crippen LogP contribution in [0.5, 0.6) is 11.5 Å². The highest BCUT2D eigenvalue weighted by Gasteiger charge is 2.46. The SMILES string of the molecule is CC(C)(C)c1cc2c3c(c1)N(c1c(-c4ccccc4)cc(-c4ccccc4)cc1-c1ccccc1)c1c(C#N)cc(-c4ccccc4)cc1B3c1cc(-c3ccccc3)cc(C#N)c1O2. The molecule has 5 heteroatoms. The van der Waals surface area contributed by atoms with Crippen molar-refractivity contribution >= 4 is 40.2 Å². The summed E-state index contributed by atoms with van der Waals surface area (Å²) in [6.45, 7) is 6.27. The van der Waals surface area contributed by atoms with Crippen LogP contribution >= 0.6 is 0 Å². The van der Waals surface area contributed by atoms with Crippen LogP contribution in [0, 0.1) is 22.7 Å². The molecule has 0 atom stereocenters. The van der Waals surface area contributed by atoms with E-state index in [2.05, 4.69) is 189 Å². The maximum Gasteiger partial charge on any atom is 0.256 e. The van der Waals surface area contributed by atoms with Crippen molar-refractivity contribution in [3.63, 3.8) is 0 Å². The van der Waals surface area contributed by atoms with Crippen LogP contribution in [0.2, 0.25) is 0 Å². The molecule has 4 nitrogen and oxygen atoms in total. The second-order valence-electron chi connectivity index (χ2n) is 17.9. The molecule has 65 heavy (non-hydrogen) atoms. The van der Waals surface area contributed by atoms with E-state index in [1.807, 2.05) is 48.5 Å². The van der Waals surface area contributed by atoms with E-state index in [1.165, 1.54) is 0 Å². The average molecular weight is 832 g/mol. The van der Waals surface area contributed by atoms with Crippen LogP contribution in [0.4, 0.5) is 17.1 Å². The third-order valence-corrected chi connectivity index (χ3v) is 12.9. The van der Waals surface area contributed by atoms with Crippen molar-refractivity contribution in [2.24, 2.45) is 0 Å². The first-order chi connectivity index (χ1) is 31.8. The third kappa shape index (κ3) is 6.78. The number of fused-ring (bicyclic) bond motifs is 4. The first-order valence-corrected chi connectivity index (χ1v) is 22.1. The second-order valence-corrected chi connectivity index (χ2v) is 17.9. The Hall–Kier alpha value is -8.38. The second kappa shape index (κ2) is 15.8. The summed E-state index contributed by atoms with van der Waals surface area (Å²) in [5.74, 6) is 1.25. The summed E-state index contributed by atoms with van der Waals surface area (Å²) in [4.78, 5) is 2.37. The molecule has 2 aliphatic rings. The molecule has 306 valence electrons. The predicted octanol–water partition coefficient (Wildman–Crippen LogP) is 13.5. The van der Waals surface area contributed by atoms with Crippen molar-refractivity contribution in [1.82, 2.24) is 0 Å². The fraction of sp³-hybridized carbons (Fsp3) is 0.0667. The van der Waals surface area contributed by atoms with Gasteiger partial charge in [-0.1, -0.05) is 185 Å². The summed E-state index contributed by atoms with van der Waals surface area (Å²) < 4.78 is 7.14. The van der Waals surface area contributed by atoms with E-state index in [0.29, 0.717) is 22.6 Å². The minimum atomic E-state index is -0.389. The standard InChI is InChI=1S/C60H42BN3O/c1-60(2,3)49-35-54-56-55(36-49)65-59-48(38-63)30-45(40-21-11-5-12-22-40)34-53(59)61(56)52-33-44(39-19-9-4-10-20-39)29-47(37-62)57(52)64(54)58-50(42-25-15-7-16-26-42)31-46(41-23-13-6-14-24-41)32-51(58)43-27-17-8-18-28-43/h4-36H,1-3H3. The maximum absolute atomic E-state index is 11.6. The Kier molecular flexibility index (Phi) is 9.57. The number of anilines is 3. The number of hydrogen-bond acceptors (Lipinski definition) is 4. The lowest BCUT2D eigenvalue weighted by atomic mass is 9.33. The van der Waals surface area contributed by atoms with E-state index < -0.39 is 0 Å². The maximum atomic E-state index is 11.6. The minimum Gasteiger partial charge on any atom is -0.457 e. The molecule has 0 N–H and O–H groups in total. The van der Waals surface area contributed by atoms with Crippen LogP contribution in [-0.2, 0) is 5.41 Å². The highest BCUT2D eigenvalue weighted by molar-refractivity contribution is 6.99. The predicted molar refractivity (Wildman–Crippen MR) is 268 cm³/mol. The van der Waals surface area contributed by atoms with Crippen molar-refractivity contribution < 1.29 is 4.74 Å². The van der Waals surface area contributed by atoms with E-state index in [9.17, 15) is 10.5 Å². The van der Waals surface area contributed by atoms with Gasteiger partial charge in [0.25, 0.3) is 6.71 Å². The van der Waals surface area contributed by atoms with E-state index >= 15 is 0 Å². The number of nitrogens with zero attached hydrogens (tertiary/aromatic N) is 3. The molecule has 0 spiro atoms. The Morgan fingerprint density at radius 2 is 0.877 bits per heavy atom. The van der Waals surface area contributed by atoms with Crippen LogP contribution in [0.1, 0.15) is 37.5 Å². The van der Waals surface area contributed by atoms with Gasteiger partial charge in [0, 0.05) is 16.8 Å². The summed E-state index contributed by atoms with van der Waals surface area (Å²) in [5.41, 5.74) is 17.6. The Labute approximate surface area is 381 Å². The van der Waals surface area contributed by atoms with Crippen molar-refractivity contribution in [3.8, 4) is 79.3 Å². The zero-order valence-electron chi connectivity index (χ0n) is 36.4. The van der Waals surface area contributed by atoms with Gasteiger partial charge in [-0.25, -0.2) is 0 Å². The fourth-order valence-corrected chi connectivity index (χ4v) is 9.76. The monoisotopic (exact) mass is 831 g/mol. The molecule has 0 saturated carbocycles. The van der Waals surface area contributed by atoms with Crippen LogP contribution in [0.15, 0.2) is 200 Å². The van der Waals surface area contributed by atoms with Crippen LogP contribution in [0.3, 0.4) is 0 Å². The van der Waals surface area contributed by atoms with Crippen LogP contribution in [0.25, 0.3) is 55.6 Å². The highest BCUT2D eigenvalue weighted by atomic mass is 16.5. The topological polar surface area (TPSA) is 60.0 Å². The van der Waals surface area contributed by atoms with Gasteiger partial charge >= 0.3 is 0 Å². The van der Waals surface area contributed by atoms with Gasteiger partial charge in [-0.15, -0.1) is 0 Å². The molecule has 2 aliphatic heterocycles. The van der Waals surface area contributed by atoms with E-state index in [-0.39, 0.29) is 12.1 Å². The van der Waals surface area contributed by atoms with Crippen molar-refractivity contribution in [2.75, 3.05) is 4.90 Å². The normalized spacial score (nSPS) is 12.3. The van der Waals surface area contributed by atoms with Gasteiger partial charge in [-0.05, 0) is 108 Å². The molecule has 0 aliphatic carbocycles. The lowest BCUT2D eigenvalue weighted by Crippen LogP contribution is -2.60. The molecule has 0 amide bonds. The Bertz CT molecular complexity index is 3330. The highest BCUT2D eigenvalue weighted by Crippen LogP contribution is 2.52. The number of rotatable bonds is 6. The molecule has 0 fully saturated rings. The summed E-state index contributed by atoms with van der Waals surface area (Å²) in [5, 5.41) is 22.5. The molecule has 9 aromatic carbocycles. The fourth-order valence-electron chi connectivity index (χ4n) is 9.76. The Balaban J connectivity index is 1.32. The summed E-state index contributed by atoms with van der Waals surface area (Å²) in [6.07, 6.45) is 0. The van der Waals surface area contributed by atoms with Crippen molar-refractivity contribution in [2.45, 2.75) is 26.2 Å². The lowest BCUT2D eigenvalue weighted by molar-refractivity contribution is 0.482. The van der Waals surface area contributed by atoms with Gasteiger partial charge in [-0.2, -0.15) is 10.5 Å². The van der Waals surface area contributed by atoms with E-state index in [4.69, 9.17) is 4.74 Å². The van der Waals surface area contributed by atoms with Gasteiger partial charge in [0.2, 0.25) is 0 Å². The van der Waals surface area contributed by atoms with E-state index in [0.717, 1.165) is 94.6 Å². The number of nitriles is 2. The van der Waals surface area contributed by atoms with Gasteiger partial charge in [0.1, 0.15) is 23.6 Å². The minimum absolute atomic E-state index is 0.289. The molecule has 2 heterocycles. The molecule has 0 unspecified atom stereocenters. The number of hydrogen-bond donors (Lipinski definition) is 0. The molecular formula is C60H42BN3O. The van der Waals surface area contributed by atoms with Gasteiger partial charge in [0.15, 0.2) is 0 Å². The molecule has 0 bridgehead atoms.